The fourth-order valence-electron chi connectivity index (χ4n) is 2.52. The van der Waals surface area contributed by atoms with Crippen molar-refractivity contribution >= 4 is 9.84 Å². The molecule has 1 fully saturated rings. The topological polar surface area (TPSA) is 77.8 Å². The summed E-state index contributed by atoms with van der Waals surface area (Å²) in [5, 5.41) is 19.0. The van der Waals surface area contributed by atoms with E-state index in [1.807, 2.05) is 0 Å². The number of nitrogens with zero attached hydrogens (tertiary/aromatic N) is 1. The molecule has 0 unspecified atom stereocenters. The van der Waals surface area contributed by atoms with Gasteiger partial charge in [0.2, 0.25) is 0 Å². The molecule has 1 heterocycles. The Bertz CT molecular complexity index is 563. The number of halogens is 1. The Labute approximate surface area is 117 Å². The molecule has 2 rings (SSSR count). The van der Waals surface area contributed by atoms with Crippen molar-refractivity contribution in [2.24, 2.45) is 0 Å². The molecule has 2 N–H and O–H groups in total. The standard InChI is InChI=1S/C13H18FNO4S/c14-11-3-1-2-10(6-11)7-15(4-5-16)12-8-20(18,19)9-13(12)17/h1-3,6,12-13,16-17H,4-5,7-9H2/t12-,13-/m0/s1. The van der Waals surface area contributed by atoms with Crippen LogP contribution in [0.25, 0.3) is 0 Å². The first-order chi connectivity index (χ1) is 9.41. The molecular weight excluding hydrogens is 285 g/mol. The number of sulfone groups is 1. The van der Waals surface area contributed by atoms with Crippen LogP contribution in [0.1, 0.15) is 5.56 Å². The molecule has 2 atom stereocenters. The van der Waals surface area contributed by atoms with Crippen molar-refractivity contribution in [3.8, 4) is 0 Å². The van der Waals surface area contributed by atoms with Gasteiger partial charge in [-0.2, -0.15) is 0 Å². The predicted octanol–water partition coefficient (Wildman–Crippen LogP) is -0.222. The second-order valence-corrected chi connectivity index (χ2v) is 7.19. The number of aliphatic hydroxyl groups is 2. The first-order valence-corrected chi connectivity index (χ1v) is 8.21. The van der Waals surface area contributed by atoms with E-state index in [2.05, 4.69) is 0 Å². The van der Waals surface area contributed by atoms with Crippen molar-refractivity contribution in [1.82, 2.24) is 4.90 Å². The maximum Gasteiger partial charge on any atom is 0.154 e. The fourth-order valence-corrected chi connectivity index (χ4v) is 4.35. The van der Waals surface area contributed by atoms with Crippen LogP contribution < -0.4 is 0 Å². The van der Waals surface area contributed by atoms with E-state index in [1.165, 1.54) is 12.1 Å². The van der Waals surface area contributed by atoms with Crippen molar-refractivity contribution in [3.63, 3.8) is 0 Å². The van der Waals surface area contributed by atoms with Gasteiger partial charge in [0.15, 0.2) is 9.84 Å². The highest BCUT2D eigenvalue weighted by molar-refractivity contribution is 7.91. The summed E-state index contributed by atoms with van der Waals surface area (Å²) < 4.78 is 36.3. The lowest BCUT2D eigenvalue weighted by Crippen LogP contribution is -2.44. The summed E-state index contributed by atoms with van der Waals surface area (Å²) in [6, 6.07) is 5.43. The number of hydrogen-bond donors (Lipinski definition) is 2. The fraction of sp³-hybridized carbons (Fsp3) is 0.538. The van der Waals surface area contributed by atoms with Gasteiger partial charge in [-0.1, -0.05) is 12.1 Å². The van der Waals surface area contributed by atoms with E-state index in [1.54, 1.807) is 17.0 Å². The lowest BCUT2D eigenvalue weighted by atomic mass is 10.1. The molecule has 112 valence electrons. The number of hydrogen-bond acceptors (Lipinski definition) is 5. The molecule has 0 aliphatic carbocycles. The molecule has 1 aromatic carbocycles. The van der Waals surface area contributed by atoms with E-state index in [0.717, 1.165) is 0 Å². The van der Waals surface area contributed by atoms with Crippen molar-refractivity contribution < 1.29 is 23.0 Å². The van der Waals surface area contributed by atoms with E-state index in [-0.39, 0.29) is 37.0 Å². The second kappa shape index (κ2) is 6.17. The third-order valence-corrected chi connectivity index (χ3v) is 5.12. The van der Waals surface area contributed by atoms with Crippen molar-refractivity contribution in [2.75, 3.05) is 24.7 Å². The van der Waals surface area contributed by atoms with Gasteiger partial charge >= 0.3 is 0 Å². The number of aliphatic hydroxyl groups excluding tert-OH is 2. The molecule has 0 aromatic heterocycles. The Morgan fingerprint density at radius 1 is 1.35 bits per heavy atom. The first kappa shape index (κ1) is 15.4. The largest absolute Gasteiger partial charge is 0.395 e. The molecule has 1 aromatic rings. The van der Waals surface area contributed by atoms with Gasteiger partial charge in [0, 0.05) is 13.1 Å². The highest BCUT2D eigenvalue weighted by Gasteiger charge is 2.39. The van der Waals surface area contributed by atoms with E-state index < -0.39 is 22.0 Å². The minimum atomic E-state index is -3.26. The summed E-state index contributed by atoms with van der Waals surface area (Å²) >= 11 is 0. The van der Waals surface area contributed by atoms with Gasteiger partial charge in [0.1, 0.15) is 5.82 Å². The van der Waals surface area contributed by atoms with Crippen LogP contribution in [0.15, 0.2) is 24.3 Å². The van der Waals surface area contributed by atoms with E-state index in [9.17, 15) is 17.9 Å². The van der Waals surface area contributed by atoms with Crippen molar-refractivity contribution in [3.05, 3.63) is 35.6 Å². The summed E-state index contributed by atoms with van der Waals surface area (Å²) in [7, 11) is -3.26. The smallest absolute Gasteiger partial charge is 0.154 e. The minimum absolute atomic E-state index is 0.135. The predicted molar refractivity (Wildman–Crippen MR) is 72.3 cm³/mol. The second-order valence-electron chi connectivity index (χ2n) is 5.04. The maximum absolute atomic E-state index is 13.2. The Kier molecular flexibility index (Phi) is 4.74. The maximum atomic E-state index is 13.2. The average Bonchev–Trinajstić information content (AvgIpc) is 2.62. The van der Waals surface area contributed by atoms with Crippen LogP contribution in [0.3, 0.4) is 0 Å². The quantitative estimate of drug-likeness (QED) is 0.786. The van der Waals surface area contributed by atoms with Gasteiger partial charge in [0.25, 0.3) is 0 Å². The number of rotatable bonds is 5. The lowest BCUT2D eigenvalue weighted by molar-refractivity contribution is 0.0655. The summed E-state index contributed by atoms with van der Waals surface area (Å²) in [4.78, 5) is 1.68. The molecule has 0 bridgehead atoms. The van der Waals surface area contributed by atoms with E-state index in [4.69, 9.17) is 5.11 Å². The molecule has 1 saturated heterocycles. The van der Waals surface area contributed by atoms with Gasteiger partial charge in [-0.25, -0.2) is 12.8 Å². The molecule has 0 saturated carbocycles. The van der Waals surface area contributed by atoms with Crippen molar-refractivity contribution in [2.45, 2.75) is 18.7 Å². The van der Waals surface area contributed by atoms with Gasteiger partial charge in [0.05, 0.1) is 30.3 Å². The summed E-state index contributed by atoms with van der Waals surface area (Å²) in [6.45, 7) is 0.363. The van der Waals surface area contributed by atoms with Crippen LogP contribution in [0, 0.1) is 5.82 Å². The normalized spacial score (nSPS) is 25.2. The van der Waals surface area contributed by atoms with Crippen LogP contribution in [-0.2, 0) is 16.4 Å². The molecule has 0 spiro atoms. The van der Waals surface area contributed by atoms with Crippen LogP contribution in [0.5, 0.6) is 0 Å². The average molecular weight is 303 g/mol. The molecule has 1 aliphatic rings. The van der Waals surface area contributed by atoms with Crippen LogP contribution >= 0.6 is 0 Å². The number of benzene rings is 1. The monoisotopic (exact) mass is 303 g/mol. The molecule has 0 amide bonds. The van der Waals surface area contributed by atoms with Crippen LogP contribution in [0.2, 0.25) is 0 Å². The highest BCUT2D eigenvalue weighted by atomic mass is 32.2. The zero-order chi connectivity index (χ0) is 14.8. The van der Waals surface area contributed by atoms with Gasteiger partial charge in [-0.05, 0) is 17.7 Å². The van der Waals surface area contributed by atoms with Gasteiger partial charge < -0.3 is 10.2 Å². The van der Waals surface area contributed by atoms with Gasteiger partial charge in [-0.3, -0.25) is 4.90 Å². The lowest BCUT2D eigenvalue weighted by Gasteiger charge is -2.29. The summed E-state index contributed by atoms with van der Waals surface area (Å²) in [5.74, 6) is -0.766. The molecule has 7 heteroatoms. The van der Waals surface area contributed by atoms with Gasteiger partial charge in [-0.15, -0.1) is 0 Å². The zero-order valence-electron chi connectivity index (χ0n) is 10.9. The van der Waals surface area contributed by atoms with Crippen molar-refractivity contribution in [1.29, 1.82) is 0 Å². The molecule has 20 heavy (non-hydrogen) atoms. The van der Waals surface area contributed by atoms with Crippen LogP contribution in [-0.4, -0.2) is 60.3 Å². The Balaban J connectivity index is 2.15. The van der Waals surface area contributed by atoms with Crippen LogP contribution in [0.4, 0.5) is 4.39 Å². The Morgan fingerprint density at radius 3 is 2.65 bits per heavy atom. The Morgan fingerprint density at radius 2 is 2.10 bits per heavy atom. The molecular formula is C13H18FNO4S. The minimum Gasteiger partial charge on any atom is -0.395 e. The highest BCUT2D eigenvalue weighted by Crippen LogP contribution is 2.20. The van der Waals surface area contributed by atoms with E-state index in [0.29, 0.717) is 5.56 Å². The zero-order valence-corrected chi connectivity index (χ0v) is 11.8. The summed E-state index contributed by atoms with van der Waals surface area (Å²) in [5.41, 5.74) is 0.676. The molecule has 1 aliphatic heterocycles. The summed E-state index contributed by atoms with van der Waals surface area (Å²) in [6.07, 6.45) is -0.972. The molecule has 0 radical (unpaired) electrons. The molecule has 5 nitrogen and oxygen atoms in total. The Hall–Kier alpha value is -1.02. The third kappa shape index (κ3) is 3.76. The third-order valence-electron chi connectivity index (χ3n) is 3.42. The first-order valence-electron chi connectivity index (χ1n) is 6.39. The van der Waals surface area contributed by atoms with E-state index >= 15 is 0 Å². The SMILES string of the molecule is O=S1(=O)C[C@H](O)[C@@H](N(CCO)Cc2cccc(F)c2)C1.